The van der Waals surface area contributed by atoms with Crippen molar-refractivity contribution in [3.63, 3.8) is 0 Å². The monoisotopic (exact) mass is 185 g/mol. The molecule has 0 aromatic heterocycles. The van der Waals surface area contributed by atoms with Crippen molar-refractivity contribution in [1.29, 1.82) is 0 Å². The molecule has 0 bridgehead atoms. The maximum Gasteiger partial charge on any atom is 0.308 e. The predicted molar refractivity (Wildman–Crippen MR) is 51.3 cm³/mol. The van der Waals surface area contributed by atoms with E-state index in [-0.39, 0.29) is 12.5 Å². The molecule has 1 aliphatic carbocycles. The molecule has 1 saturated carbocycles. The van der Waals surface area contributed by atoms with Crippen LogP contribution in [-0.2, 0) is 4.79 Å². The average Bonchev–Trinajstić information content (AvgIpc) is 2.04. The normalized spacial score (nSPS) is 31.2. The molecule has 76 valence electrons. The summed E-state index contributed by atoms with van der Waals surface area (Å²) in [6.45, 7) is 2.48. The van der Waals surface area contributed by atoms with Crippen molar-refractivity contribution in [3.8, 4) is 0 Å². The summed E-state index contributed by atoms with van der Waals surface area (Å²) in [4.78, 5) is 10.9. The van der Waals surface area contributed by atoms with E-state index in [2.05, 4.69) is 6.92 Å². The Labute approximate surface area is 79.3 Å². The van der Waals surface area contributed by atoms with Gasteiger partial charge in [0.05, 0.1) is 5.92 Å². The van der Waals surface area contributed by atoms with E-state index >= 15 is 0 Å². The fraction of sp³-hybridized carbons (Fsp3) is 0.900. The van der Waals surface area contributed by atoms with Gasteiger partial charge in [0.25, 0.3) is 0 Å². The van der Waals surface area contributed by atoms with E-state index in [1.807, 2.05) is 0 Å². The second kappa shape index (κ2) is 4.61. The number of aliphatic carboxylic acids is 1. The Balaban J connectivity index is 2.52. The minimum atomic E-state index is -0.721. The molecule has 3 nitrogen and oxygen atoms in total. The maximum atomic E-state index is 10.9. The Morgan fingerprint density at radius 1 is 1.62 bits per heavy atom. The van der Waals surface area contributed by atoms with E-state index in [0.717, 1.165) is 19.3 Å². The molecule has 3 unspecified atom stereocenters. The molecule has 3 heteroatoms. The van der Waals surface area contributed by atoms with E-state index in [9.17, 15) is 4.79 Å². The standard InChI is InChI=1S/C10H19NO2/c1-7-3-2-4-8(5-7)9(6-11)10(12)13/h7-9H,2-6,11H2,1H3,(H,12,13). The Morgan fingerprint density at radius 2 is 2.31 bits per heavy atom. The zero-order chi connectivity index (χ0) is 9.84. The van der Waals surface area contributed by atoms with Gasteiger partial charge >= 0.3 is 5.97 Å². The lowest BCUT2D eigenvalue weighted by atomic mass is 9.76. The van der Waals surface area contributed by atoms with Gasteiger partial charge in [0, 0.05) is 6.54 Å². The molecule has 1 rings (SSSR count). The van der Waals surface area contributed by atoms with Crippen molar-refractivity contribution < 1.29 is 9.90 Å². The number of carboxylic acid groups (broad SMARTS) is 1. The van der Waals surface area contributed by atoms with Gasteiger partial charge in [-0.25, -0.2) is 0 Å². The van der Waals surface area contributed by atoms with Crippen LogP contribution in [0.15, 0.2) is 0 Å². The van der Waals surface area contributed by atoms with Gasteiger partial charge in [-0.3, -0.25) is 4.79 Å². The van der Waals surface area contributed by atoms with Crippen LogP contribution in [0.3, 0.4) is 0 Å². The molecule has 0 spiro atoms. The van der Waals surface area contributed by atoms with Gasteiger partial charge in [0.1, 0.15) is 0 Å². The molecule has 3 atom stereocenters. The van der Waals surface area contributed by atoms with E-state index in [0.29, 0.717) is 11.8 Å². The SMILES string of the molecule is CC1CCCC(C(CN)C(=O)O)C1. The Morgan fingerprint density at radius 3 is 2.77 bits per heavy atom. The molecule has 0 aromatic carbocycles. The van der Waals surface area contributed by atoms with E-state index < -0.39 is 5.97 Å². The van der Waals surface area contributed by atoms with Gasteiger partial charge in [0.15, 0.2) is 0 Å². The third-order valence-electron chi connectivity index (χ3n) is 3.12. The summed E-state index contributed by atoms with van der Waals surface area (Å²) in [5.41, 5.74) is 5.47. The lowest BCUT2D eigenvalue weighted by Crippen LogP contribution is -2.33. The second-order valence-corrected chi connectivity index (χ2v) is 4.21. The molecule has 0 saturated heterocycles. The number of hydrogen-bond donors (Lipinski definition) is 2. The first kappa shape index (κ1) is 10.5. The fourth-order valence-corrected chi connectivity index (χ4v) is 2.34. The summed E-state index contributed by atoms with van der Waals surface area (Å²) in [5, 5.41) is 8.93. The van der Waals surface area contributed by atoms with Crippen molar-refractivity contribution in [1.82, 2.24) is 0 Å². The highest BCUT2D eigenvalue weighted by Gasteiger charge is 2.30. The van der Waals surface area contributed by atoms with Gasteiger partial charge in [-0.2, -0.15) is 0 Å². The Kier molecular flexibility index (Phi) is 3.72. The van der Waals surface area contributed by atoms with Crippen LogP contribution >= 0.6 is 0 Å². The summed E-state index contributed by atoms with van der Waals surface area (Å²) in [5.74, 6) is -0.0530. The molecular weight excluding hydrogens is 166 g/mol. The molecule has 0 radical (unpaired) electrons. The zero-order valence-electron chi connectivity index (χ0n) is 8.20. The van der Waals surface area contributed by atoms with Crippen LogP contribution < -0.4 is 5.73 Å². The first-order chi connectivity index (χ1) is 6.15. The summed E-state index contributed by atoms with van der Waals surface area (Å²) >= 11 is 0. The third-order valence-corrected chi connectivity index (χ3v) is 3.12. The molecule has 1 aliphatic rings. The van der Waals surface area contributed by atoms with E-state index in [1.165, 1.54) is 6.42 Å². The molecule has 0 aliphatic heterocycles. The minimum absolute atomic E-state index is 0.284. The fourth-order valence-electron chi connectivity index (χ4n) is 2.34. The van der Waals surface area contributed by atoms with Gasteiger partial charge < -0.3 is 10.8 Å². The lowest BCUT2D eigenvalue weighted by Gasteiger charge is -2.30. The van der Waals surface area contributed by atoms with Gasteiger partial charge in [-0.1, -0.05) is 19.8 Å². The summed E-state index contributed by atoms with van der Waals surface area (Å²) in [6, 6.07) is 0. The van der Waals surface area contributed by atoms with Gasteiger partial charge in [-0.15, -0.1) is 0 Å². The lowest BCUT2D eigenvalue weighted by molar-refractivity contribution is -0.143. The van der Waals surface area contributed by atoms with Crippen molar-refractivity contribution in [2.75, 3.05) is 6.54 Å². The number of carbonyl (C=O) groups is 1. The molecule has 1 fully saturated rings. The number of rotatable bonds is 3. The average molecular weight is 185 g/mol. The van der Waals surface area contributed by atoms with Crippen molar-refractivity contribution >= 4 is 5.97 Å². The topological polar surface area (TPSA) is 63.3 Å². The number of nitrogens with two attached hydrogens (primary N) is 1. The minimum Gasteiger partial charge on any atom is -0.481 e. The van der Waals surface area contributed by atoms with Gasteiger partial charge in [-0.05, 0) is 24.7 Å². The van der Waals surface area contributed by atoms with Crippen LogP contribution in [0, 0.1) is 17.8 Å². The van der Waals surface area contributed by atoms with E-state index in [1.54, 1.807) is 0 Å². The third kappa shape index (κ3) is 2.69. The second-order valence-electron chi connectivity index (χ2n) is 4.21. The molecule has 0 aromatic rings. The van der Waals surface area contributed by atoms with Crippen molar-refractivity contribution in [3.05, 3.63) is 0 Å². The van der Waals surface area contributed by atoms with Crippen LogP contribution in [0.5, 0.6) is 0 Å². The summed E-state index contributed by atoms with van der Waals surface area (Å²) < 4.78 is 0. The maximum absolute atomic E-state index is 10.9. The highest BCUT2D eigenvalue weighted by atomic mass is 16.4. The highest BCUT2D eigenvalue weighted by molar-refractivity contribution is 5.70. The summed E-state index contributed by atoms with van der Waals surface area (Å²) in [6.07, 6.45) is 4.48. The Bertz CT molecular complexity index is 182. The first-order valence-electron chi connectivity index (χ1n) is 5.08. The molecular formula is C10H19NO2. The van der Waals surface area contributed by atoms with Gasteiger partial charge in [0.2, 0.25) is 0 Å². The quantitative estimate of drug-likeness (QED) is 0.700. The highest BCUT2D eigenvalue weighted by Crippen LogP contribution is 2.33. The number of carboxylic acids is 1. The van der Waals surface area contributed by atoms with Crippen LogP contribution in [0.2, 0.25) is 0 Å². The van der Waals surface area contributed by atoms with Crippen molar-refractivity contribution in [2.45, 2.75) is 32.6 Å². The smallest absolute Gasteiger partial charge is 0.308 e. The summed E-state index contributed by atoms with van der Waals surface area (Å²) in [7, 11) is 0. The zero-order valence-corrected chi connectivity index (χ0v) is 8.20. The Hall–Kier alpha value is -0.570. The first-order valence-corrected chi connectivity index (χ1v) is 5.08. The molecule has 0 heterocycles. The van der Waals surface area contributed by atoms with Crippen LogP contribution in [0.4, 0.5) is 0 Å². The van der Waals surface area contributed by atoms with E-state index in [4.69, 9.17) is 10.8 Å². The van der Waals surface area contributed by atoms with Crippen molar-refractivity contribution in [2.24, 2.45) is 23.5 Å². The number of hydrogen-bond acceptors (Lipinski definition) is 2. The van der Waals surface area contributed by atoms with Crippen LogP contribution in [-0.4, -0.2) is 17.6 Å². The molecule has 0 amide bonds. The molecule has 3 N–H and O–H groups in total. The van der Waals surface area contributed by atoms with Crippen LogP contribution in [0.1, 0.15) is 32.6 Å². The predicted octanol–water partition coefficient (Wildman–Crippen LogP) is 1.47. The largest absolute Gasteiger partial charge is 0.481 e. The van der Waals surface area contributed by atoms with Crippen LogP contribution in [0.25, 0.3) is 0 Å². The molecule has 13 heavy (non-hydrogen) atoms.